The molecule has 1 aromatic rings. The summed E-state index contributed by atoms with van der Waals surface area (Å²) in [6.45, 7) is 0.376. The molecular formula is C14H23N3O2S. The van der Waals surface area contributed by atoms with Gasteiger partial charge in [-0.05, 0) is 37.0 Å². The van der Waals surface area contributed by atoms with Gasteiger partial charge >= 0.3 is 0 Å². The van der Waals surface area contributed by atoms with Crippen LogP contribution >= 0.6 is 0 Å². The van der Waals surface area contributed by atoms with Gasteiger partial charge < -0.3 is 5.73 Å². The molecular weight excluding hydrogens is 274 g/mol. The summed E-state index contributed by atoms with van der Waals surface area (Å²) >= 11 is 0. The highest BCUT2D eigenvalue weighted by molar-refractivity contribution is 7.89. The fourth-order valence-electron chi connectivity index (χ4n) is 2.76. The Morgan fingerprint density at radius 3 is 2.45 bits per heavy atom. The maximum Gasteiger partial charge on any atom is 0.212 e. The summed E-state index contributed by atoms with van der Waals surface area (Å²) in [7, 11) is -3.30. The molecule has 1 heterocycles. The monoisotopic (exact) mass is 297 g/mol. The molecule has 5 nitrogen and oxygen atoms in total. The average molecular weight is 297 g/mol. The molecule has 112 valence electrons. The van der Waals surface area contributed by atoms with Crippen LogP contribution in [-0.2, 0) is 16.4 Å². The van der Waals surface area contributed by atoms with Gasteiger partial charge in [-0.3, -0.25) is 4.98 Å². The molecule has 0 aromatic carbocycles. The van der Waals surface area contributed by atoms with Crippen molar-refractivity contribution in [3.63, 3.8) is 0 Å². The van der Waals surface area contributed by atoms with Crippen molar-refractivity contribution < 1.29 is 8.42 Å². The number of nitrogens with zero attached hydrogens (tertiary/aromatic N) is 1. The van der Waals surface area contributed by atoms with Gasteiger partial charge in [-0.1, -0.05) is 19.3 Å². The van der Waals surface area contributed by atoms with E-state index in [-0.39, 0.29) is 5.75 Å². The lowest BCUT2D eigenvalue weighted by molar-refractivity contribution is 0.276. The second-order valence-corrected chi connectivity index (χ2v) is 7.41. The standard InChI is InChI=1S/C14H23N3O2S/c15-12-14(7-2-1-3-8-14)17-20(18,19)11-6-13-4-9-16-10-5-13/h4-5,9-10,17H,1-3,6-8,11-12,15H2. The number of aryl methyl sites for hydroxylation is 1. The van der Waals surface area contributed by atoms with Crippen molar-refractivity contribution in [3.05, 3.63) is 30.1 Å². The summed E-state index contributed by atoms with van der Waals surface area (Å²) in [6, 6.07) is 3.68. The van der Waals surface area contributed by atoms with Crippen LogP contribution in [0.25, 0.3) is 0 Å². The van der Waals surface area contributed by atoms with Crippen molar-refractivity contribution in [1.82, 2.24) is 9.71 Å². The normalized spacial score (nSPS) is 18.9. The molecule has 20 heavy (non-hydrogen) atoms. The summed E-state index contributed by atoms with van der Waals surface area (Å²) in [5.41, 5.74) is 6.38. The highest BCUT2D eigenvalue weighted by Gasteiger charge is 2.34. The first-order chi connectivity index (χ1) is 9.55. The first kappa shape index (κ1) is 15.4. The van der Waals surface area contributed by atoms with E-state index in [0.717, 1.165) is 31.2 Å². The first-order valence-corrected chi connectivity index (χ1v) is 8.81. The molecule has 1 aliphatic rings. The van der Waals surface area contributed by atoms with E-state index in [1.54, 1.807) is 12.4 Å². The fourth-order valence-corrected chi connectivity index (χ4v) is 4.31. The van der Waals surface area contributed by atoms with E-state index in [0.29, 0.717) is 13.0 Å². The maximum atomic E-state index is 12.3. The van der Waals surface area contributed by atoms with Gasteiger partial charge in [0.25, 0.3) is 0 Å². The average Bonchev–Trinajstić information content (AvgIpc) is 2.47. The number of pyridine rings is 1. The Bertz CT molecular complexity index is 510. The van der Waals surface area contributed by atoms with Gasteiger partial charge in [-0.15, -0.1) is 0 Å². The number of aromatic nitrogens is 1. The van der Waals surface area contributed by atoms with Crippen molar-refractivity contribution in [2.75, 3.05) is 12.3 Å². The lowest BCUT2D eigenvalue weighted by Gasteiger charge is -2.36. The zero-order valence-electron chi connectivity index (χ0n) is 11.7. The smallest absolute Gasteiger partial charge is 0.212 e. The summed E-state index contributed by atoms with van der Waals surface area (Å²) < 4.78 is 27.4. The predicted molar refractivity (Wildman–Crippen MR) is 79.7 cm³/mol. The van der Waals surface area contributed by atoms with E-state index in [9.17, 15) is 8.42 Å². The summed E-state index contributed by atoms with van der Waals surface area (Å²) in [6.07, 6.45) is 8.80. The lowest BCUT2D eigenvalue weighted by Crippen LogP contribution is -2.55. The van der Waals surface area contributed by atoms with Crippen LogP contribution in [0.15, 0.2) is 24.5 Å². The number of sulfonamides is 1. The van der Waals surface area contributed by atoms with E-state index in [1.165, 1.54) is 6.42 Å². The van der Waals surface area contributed by atoms with Crippen LogP contribution in [0.4, 0.5) is 0 Å². The molecule has 3 N–H and O–H groups in total. The number of nitrogens with one attached hydrogen (secondary N) is 1. The first-order valence-electron chi connectivity index (χ1n) is 7.16. The van der Waals surface area contributed by atoms with E-state index >= 15 is 0 Å². The van der Waals surface area contributed by atoms with Crippen LogP contribution in [0.5, 0.6) is 0 Å². The molecule has 1 aliphatic carbocycles. The number of nitrogens with two attached hydrogens (primary N) is 1. The highest BCUT2D eigenvalue weighted by Crippen LogP contribution is 2.28. The van der Waals surface area contributed by atoms with E-state index in [1.807, 2.05) is 12.1 Å². The minimum atomic E-state index is -3.30. The highest BCUT2D eigenvalue weighted by atomic mass is 32.2. The molecule has 0 unspecified atom stereocenters. The molecule has 0 bridgehead atoms. The van der Waals surface area contributed by atoms with Gasteiger partial charge in [0.15, 0.2) is 0 Å². The lowest BCUT2D eigenvalue weighted by atomic mass is 9.83. The van der Waals surface area contributed by atoms with E-state index < -0.39 is 15.6 Å². The molecule has 0 aliphatic heterocycles. The van der Waals surface area contributed by atoms with Gasteiger partial charge in [0, 0.05) is 24.5 Å². The predicted octanol–water partition coefficient (Wildman–Crippen LogP) is 1.21. The van der Waals surface area contributed by atoms with E-state index in [2.05, 4.69) is 9.71 Å². The van der Waals surface area contributed by atoms with Crippen molar-refractivity contribution >= 4 is 10.0 Å². The molecule has 0 saturated heterocycles. The Morgan fingerprint density at radius 2 is 1.85 bits per heavy atom. The summed E-state index contributed by atoms with van der Waals surface area (Å²) in [4.78, 5) is 3.93. The molecule has 1 aromatic heterocycles. The Kier molecular flexibility index (Phi) is 5.12. The zero-order valence-corrected chi connectivity index (χ0v) is 12.5. The van der Waals surface area contributed by atoms with Crippen molar-refractivity contribution in [3.8, 4) is 0 Å². The maximum absolute atomic E-state index is 12.3. The molecule has 1 fully saturated rings. The Labute approximate surface area is 121 Å². The third-order valence-electron chi connectivity index (χ3n) is 3.98. The molecule has 6 heteroatoms. The number of rotatable bonds is 6. The number of hydrogen-bond donors (Lipinski definition) is 2. The second kappa shape index (κ2) is 6.65. The van der Waals surface area contributed by atoms with Crippen LogP contribution in [0.2, 0.25) is 0 Å². The summed E-state index contributed by atoms with van der Waals surface area (Å²) in [5.74, 6) is 0.0960. The Morgan fingerprint density at radius 1 is 1.20 bits per heavy atom. The minimum Gasteiger partial charge on any atom is -0.329 e. The van der Waals surface area contributed by atoms with Crippen LogP contribution in [0.1, 0.15) is 37.7 Å². The molecule has 0 amide bonds. The van der Waals surface area contributed by atoms with Crippen LogP contribution in [0.3, 0.4) is 0 Å². The largest absolute Gasteiger partial charge is 0.329 e. The SMILES string of the molecule is NCC1(NS(=O)(=O)CCc2ccncc2)CCCCC1. The van der Waals surface area contributed by atoms with Crippen LogP contribution < -0.4 is 10.5 Å². The second-order valence-electron chi connectivity index (χ2n) is 5.57. The van der Waals surface area contributed by atoms with Gasteiger partial charge in [-0.25, -0.2) is 13.1 Å². The van der Waals surface area contributed by atoms with Gasteiger partial charge in [0.05, 0.1) is 5.75 Å². The third kappa shape index (κ3) is 4.26. The summed E-state index contributed by atoms with van der Waals surface area (Å²) in [5, 5.41) is 0. The van der Waals surface area contributed by atoms with Crippen molar-refractivity contribution in [2.45, 2.75) is 44.1 Å². The van der Waals surface area contributed by atoms with Crippen LogP contribution in [-0.4, -0.2) is 31.2 Å². The minimum absolute atomic E-state index is 0.0960. The van der Waals surface area contributed by atoms with Crippen molar-refractivity contribution in [1.29, 1.82) is 0 Å². The van der Waals surface area contributed by atoms with E-state index in [4.69, 9.17) is 5.73 Å². The molecule has 1 saturated carbocycles. The third-order valence-corrected chi connectivity index (χ3v) is 5.47. The fraction of sp³-hybridized carbons (Fsp3) is 0.643. The van der Waals surface area contributed by atoms with Crippen molar-refractivity contribution in [2.24, 2.45) is 5.73 Å². The Balaban J connectivity index is 1.96. The Hall–Kier alpha value is -0.980. The van der Waals surface area contributed by atoms with Gasteiger partial charge in [0.2, 0.25) is 10.0 Å². The topological polar surface area (TPSA) is 85.1 Å². The molecule has 2 rings (SSSR count). The molecule has 0 radical (unpaired) electrons. The molecule has 0 spiro atoms. The zero-order chi connectivity index (χ0) is 14.5. The van der Waals surface area contributed by atoms with Crippen LogP contribution in [0, 0.1) is 0 Å². The quantitative estimate of drug-likeness (QED) is 0.826. The van der Waals surface area contributed by atoms with Gasteiger partial charge in [0.1, 0.15) is 0 Å². The number of hydrogen-bond acceptors (Lipinski definition) is 4. The molecule has 0 atom stereocenters. The van der Waals surface area contributed by atoms with Gasteiger partial charge in [-0.2, -0.15) is 0 Å².